The van der Waals surface area contributed by atoms with Crippen molar-refractivity contribution in [3.63, 3.8) is 0 Å². The number of aromatic amines is 1. The number of carbonyl (C=O) groups is 2. The van der Waals surface area contributed by atoms with Crippen molar-refractivity contribution in [2.75, 3.05) is 25.4 Å². The molecule has 0 bridgehead atoms. The largest absolute Gasteiger partial charge is 0.395 e. The van der Waals surface area contributed by atoms with E-state index < -0.39 is 0 Å². The summed E-state index contributed by atoms with van der Waals surface area (Å²) < 4.78 is 0. The molecular formula is C17H22N4O4S2. The number of nitrogens with zero attached hydrogens (tertiary/aromatic N) is 1. The lowest BCUT2D eigenvalue weighted by atomic mass is 10.2. The Balaban J connectivity index is 1.44. The van der Waals surface area contributed by atoms with Crippen molar-refractivity contribution in [2.24, 2.45) is 0 Å². The van der Waals surface area contributed by atoms with Crippen molar-refractivity contribution in [1.82, 2.24) is 20.6 Å². The normalized spacial score (nSPS) is 12.9. The van der Waals surface area contributed by atoms with Gasteiger partial charge in [0.05, 0.1) is 24.3 Å². The summed E-state index contributed by atoms with van der Waals surface area (Å²) in [5.74, 6) is 1.17. The molecule has 1 aliphatic rings. The van der Waals surface area contributed by atoms with Gasteiger partial charge in [0.2, 0.25) is 11.8 Å². The van der Waals surface area contributed by atoms with E-state index in [4.69, 9.17) is 5.11 Å². The van der Waals surface area contributed by atoms with E-state index in [0.717, 1.165) is 29.5 Å². The van der Waals surface area contributed by atoms with Gasteiger partial charge >= 0.3 is 0 Å². The summed E-state index contributed by atoms with van der Waals surface area (Å²) >= 11 is 3.12. The third-order valence-electron chi connectivity index (χ3n) is 4.22. The molecule has 3 rings (SSSR count). The zero-order valence-electron chi connectivity index (χ0n) is 14.8. The molecule has 8 nitrogen and oxygen atoms in total. The van der Waals surface area contributed by atoms with Crippen LogP contribution in [0.4, 0.5) is 0 Å². The van der Waals surface area contributed by atoms with Gasteiger partial charge in [0.1, 0.15) is 10.7 Å². The SMILES string of the molecule is O=C(CCSCc1nc2sc3c(c2c(=O)[nH]1)CCC3)NCC(=O)NCCO. The second kappa shape index (κ2) is 9.34. The second-order valence-electron chi connectivity index (χ2n) is 6.20. The minimum Gasteiger partial charge on any atom is -0.395 e. The van der Waals surface area contributed by atoms with Crippen molar-refractivity contribution >= 4 is 45.1 Å². The number of carbonyl (C=O) groups excluding carboxylic acids is 2. The number of aryl methyl sites for hydroxylation is 2. The first-order chi connectivity index (χ1) is 13.1. The molecule has 0 unspecified atom stereocenters. The van der Waals surface area contributed by atoms with E-state index in [9.17, 15) is 14.4 Å². The number of rotatable bonds is 9. The molecule has 1 aliphatic carbocycles. The van der Waals surface area contributed by atoms with Crippen LogP contribution < -0.4 is 16.2 Å². The Bertz CT molecular complexity index is 893. The van der Waals surface area contributed by atoms with Crippen LogP contribution in [0.25, 0.3) is 10.2 Å². The van der Waals surface area contributed by atoms with E-state index >= 15 is 0 Å². The molecular weight excluding hydrogens is 388 g/mol. The third-order valence-corrected chi connectivity index (χ3v) is 6.37. The predicted molar refractivity (Wildman–Crippen MR) is 106 cm³/mol. The smallest absolute Gasteiger partial charge is 0.259 e. The van der Waals surface area contributed by atoms with Gasteiger partial charge in [0.25, 0.3) is 5.56 Å². The lowest BCUT2D eigenvalue weighted by Gasteiger charge is -2.06. The minimum absolute atomic E-state index is 0.0679. The van der Waals surface area contributed by atoms with E-state index in [0.29, 0.717) is 17.3 Å². The lowest BCUT2D eigenvalue weighted by molar-refractivity contribution is -0.125. The zero-order chi connectivity index (χ0) is 19.2. The van der Waals surface area contributed by atoms with Crippen LogP contribution in [0.1, 0.15) is 29.1 Å². The number of thiophene rings is 1. The summed E-state index contributed by atoms with van der Waals surface area (Å²) in [4.78, 5) is 44.9. The van der Waals surface area contributed by atoms with Gasteiger partial charge in [-0.3, -0.25) is 14.4 Å². The summed E-state index contributed by atoms with van der Waals surface area (Å²) in [5, 5.41) is 14.3. The molecule has 10 heteroatoms. The number of hydrogen-bond donors (Lipinski definition) is 4. The zero-order valence-corrected chi connectivity index (χ0v) is 16.4. The predicted octanol–water partition coefficient (Wildman–Crippen LogP) is 0.321. The summed E-state index contributed by atoms with van der Waals surface area (Å²) in [6.07, 6.45) is 3.38. The Morgan fingerprint density at radius 3 is 2.93 bits per heavy atom. The second-order valence-corrected chi connectivity index (χ2v) is 8.39. The summed E-state index contributed by atoms with van der Waals surface area (Å²) in [6, 6.07) is 0. The van der Waals surface area contributed by atoms with Crippen molar-refractivity contribution in [2.45, 2.75) is 31.4 Å². The van der Waals surface area contributed by atoms with E-state index in [1.165, 1.54) is 22.2 Å². The average molecular weight is 411 g/mol. The first kappa shape index (κ1) is 19.8. The van der Waals surface area contributed by atoms with E-state index in [-0.39, 0.29) is 43.5 Å². The van der Waals surface area contributed by atoms with Crippen LogP contribution in [0.3, 0.4) is 0 Å². The highest BCUT2D eigenvalue weighted by atomic mass is 32.2. The van der Waals surface area contributed by atoms with E-state index in [1.807, 2.05) is 0 Å². The monoisotopic (exact) mass is 410 g/mol. The Kier molecular flexibility index (Phi) is 6.86. The number of thioether (sulfide) groups is 1. The molecule has 0 aliphatic heterocycles. The molecule has 146 valence electrons. The van der Waals surface area contributed by atoms with E-state index in [1.54, 1.807) is 11.3 Å². The fourth-order valence-electron chi connectivity index (χ4n) is 2.97. The molecule has 0 spiro atoms. The molecule has 4 N–H and O–H groups in total. The van der Waals surface area contributed by atoms with Gasteiger partial charge in [0.15, 0.2) is 0 Å². The summed E-state index contributed by atoms with van der Waals surface area (Å²) in [6.45, 7) is -0.0578. The van der Waals surface area contributed by atoms with Crippen LogP contribution in [0.15, 0.2) is 4.79 Å². The van der Waals surface area contributed by atoms with Crippen molar-refractivity contribution in [3.8, 4) is 0 Å². The number of fused-ring (bicyclic) bond motifs is 3. The topological polar surface area (TPSA) is 124 Å². The highest BCUT2D eigenvalue weighted by molar-refractivity contribution is 7.98. The number of amides is 2. The number of aliphatic hydroxyl groups excluding tert-OH is 1. The van der Waals surface area contributed by atoms with Gasteiger partial charge in [-0.05, 0) is 24.8 Å². The van der Waals surface area contributed by atoms with Crippen LogP contribution in [-0.2, 0) is 28.2 Å². The van der Waals surface area contributed by atoms with Gasteiger partial charge in [-0.1, -0.05) is 0 Å². The van der Waals surface area contributed by atoms with Gasteiger partial charge in [-0.2, -0.15) is 11.8 Å². The molecule has 0 radical (unpaired) electrons. The standard InChI is InChI=1S/C17H22N4O4S2/c22-6-5-18-14(24)8-19-13(23)4-7-26-9-12-20-16(25)15-10-2-1-3-11(10)27-17(15)21-12/h22H,1-9H2,(H,18,24)(H,19,23)(H,20,21,25). The third kappa shape index (κ3) is 5.08. The Hall–Kier alpha value is -1.91. The molecule has 27 heavy (non-hydrogen) atoms. The van der Waals surface area contributed by atoms with Gasteiger partial charge in [0, 0.05) is 23.6 Å². The van der Waals surface area contributed by atoms with Crippen LogP contribution in [0.5, 0.6) is 0 Å². The lowest BCUT2D eigenvalue weighted by Crippen LogP contribution is -2.38. The number of aliphatic hydroxyl groups is 1. The maximum atomic E-state index is 12.4. The minimum atomic E-state index is -0.331. The molecule has 2 aromatic heterocycles. The van der Waals surface area contributed by atoms with Crippen molar-refractivity contribution < 1.29 is 14.7 Å². The molecule has 2 amide bonds. The first-order valence-electron chi connectivity index (χ1n) is 8.84. The molecule has 2 aromatic rings. The van der Waals surface area contributed by atoms with Crippen LogP contribution in [-0.4, -0.2) is 52.3 Å². The number of hydrogen-bond acceptors (Lipinski definition) is 7. The fraction of sp³-hybridized carbons (Fsp3) is 0.529. The van der Waals surface area contributed by atoms with E-state index in [2.05, 4.69) is 20.6 Å². The van der Waals surface area contributed by atoms with Gasteiger partial charge < -0.3 is 20.7 Å². The maximum absolute atomic E-state index is 12.4. The Morgan fingerprint density at radius 1 is 1.26 bits per heavy atom. The number of nitrogens with one attached hydrogen (secondary N) is 3. The molecule has 0 saturated heterocycles. The molecule has 0 aromatic carbocycles. The number of aromatic nitrogens is 2. The summed E-state index contributed by atoms with van der Waals surface area (Å²) in [5.41, 5.74) is 1.10. The molecule has 0 atom stereocenters. The van der Waals surface area contributed by atoms with Gasteiger partial charge in [-0.15, -0.1) is 11.3 Å². The Labute approximate surface area is 164 Å². The average Bonchev–Trinajstić information content (AvgIpc) is 3.22. The quantitative estimate of drug-likeness (QED) is 0.442. The number of H-pyrrole nitrogens is 1. The molecule has 0 saturated carbocycles. The van der Waals surface area contributed by atoms with Crippen LogP contribution in [0, 0.1) is 0 Å². The van der Waals surface area contributed by atoms with Crippen LogP contribution in [0.2, 0.25) is 0 Å². The highest BCUT2D eigenvalue weighted by Crippen LogP contribution is 2.34. The van der Waals surface area contributed by atoms with Gasteiger partial charge in [-0.25, -0.2) is 4.98 Å². The van der Waals surface area contributed by atoms with Crippen LogP contribution >= 0.6 is 23.1 Å². The maximum Gasteiger partial charge on any atom is 0.259 e. The van der Waals surface area contributed by atoms with Crippen molar-refractivity contribution in [1.29, 1.82) is 0 Å². The molecule has 0 fully saturated rings. The summed E-state index contributed by atoms with van der Waals surface area (Å²) in [7, 11) is 0. The van der Waals surface area contributed by atoms with Crippen molar-refractivity contribution in [3.05, 3.63) is 26.6 Å². The molecule has 2 heterocycles. The Morgan fingerprint density at radius 2 is 2.11 bits per heavy atom. The fourth-order valence-corrected chi connectivity index (χ4v) is 5.06. The highest BCUT2D eigenvalue weighted by Gasteiger charge is 2.21. The first-order valence-corrected chi connectivity index (χ1v) is 10.8.